The van der Waals surface area contributed by atoms with Crippen LogP contribution in [-0.4, -0.2) is 22.1 Å². The van der Waals surface area contributed by atoms with Gasteiger partial charge < -0.3 is 9.67 Å². The number of hydrogen-bond donors (Lipinski definition) is 1. The van der Waals surface area contributed by atoms with Crippen LogP contribution in [-0.2, 0) is 11.8 Å². The summed E-state index contributed by atoms with van der Waals surface area (Å²) in [5.41, 5.74) is 1.22. The van der Waals surface area contributed by atoms with Gasteiger partial charge in [-0.1, -0.05) is 12.1 Å². The predicted molar refractivity (Wildman–Crippen MR) is 63.9 cm³/mol. The molecule has 18 heavy (non-hydrogen) atoms. The van der Waals surface area contributed by atoms with Gasteiger partial charge in [0.1, 0.15) is 0 Å². The molecule has 1 atom stereocenters. The van der Waals surface area contributed by atoms with Gasteiger partial charge >= 0.3 is 5.97 Å². The van der Waals surface area contributed by atoms with Crippen LogP contribution in [0.5, 0.6) is 0 Å². The summed E-state index contributed by atoms with van der Waals surface area (Å²) < 4.78 is 27.8. The predicted octanol–water partition coefficient (Wildman–Crippen LogP) is 3.00. The first-order valence-corrected chi connectivity index (χ1v) is 5.54. The number of benzene rings is 1. The molecule has 0 aliphatic carbocycles. The molecule has 0 amide bonds. The fourth-order valence-corrected chi connectivity index (χ4v) is 2.17. The Hall–Kier alpha value is -1.91. The summed E-state index contributed by atoms with van der Waals surface area (Å²) >= 11 is 0. The number of nitrogens with zero attached hydrogens (tertiary/aromatic N) is 1. The Balaban J connectivity index is 2.53. The molecule has 0 saturated heterocycles. The molecule has 0 aliphatic rings. The summed E-state index contributed by atoms with van der Waals surface area (Å²) in [5, 5.41) is 9.42. The van der Waals surface area contributed by atoms with Crippen molar-refractivity contribution in [2.45, 2.75) is 18.8 Å². The minimum absolute atomic E-state index is 0.394. The van der Waals surface area contributed by atoms with Crippen LogP contribution in [0, 0.1) is 0 Å². The van der Waals surface area contributed by atoms with E-state index in [1.165, 1.54) is 0 Å². The molecule has 96 valence electrons. The number of aliphatic carboxylic acids is 1. The van der Waals surface area contributed by atoms with E-state index in [1.807, 2.05) is 17.7 Å². The fraction of sp³-hybridized carbons (Fsp3) is 0.308. The van der Waals surface area contributed by atoms with E-state index in [2.05, 4.69) is 0 Å². The van der Waals surface area contributed by atoms with Crippen LogP contribution >= 0.6 is 0 Å². The molecular formula is C13H13F2NO2. The van der Waals surface area contributed by atoms with Gasteiger partial charge in [0.2, 0.25) is 6.43 Å². The van der Waals surface area contributed by atoms with E-state index in [9.17, 15) is 13.6 Å². The van der Waals surface area contributed by atoms with E-state index in [0.29, 0.717) is 10.9 Å². The van der Waals surface area contributed by atoms with Crippen molar-refractivity contribution in [3.8, 4) is 0 Å². The maximum Gasteiger partial charge on any atom is 0.304 e. The third-order valence-corrected chi connectivity index (χ3v) is 3.06. The number of carbonyl (C=O) groups is 1. The highest BCUT2D eigenvalue weighted by Gasteiger charge is 2.27. The lowest BCUT2D eigenvalue weighted by molar-refractivity contribution is -0.138. The van der Waals surface area contributed by atoms with Crippen molar-refractivity contribution in [3.63, 3.8) is 0 Å². The van der Waals surface area contributed by atoms with Crippen molar-refractivity contribution in [2.24, 2.45) is 7.05 Å². The second-order valence-corrected chi connectivity index (χ2v) is 4.25. The van der Waals surface area contributed by atoms with E-state index in [0.717, 1.165) is 5.52 Å². The first kappa shape index (κ1) is 12.5. The SMILES string of the molecule is Cn1ccc2c(C(CC(=O)O)C(F)F)cccc21. The standard InChI is InChI=1S/C13H13F2NO2/c1-16-6-5-9-8(3-2-4-11(9)16)10(13(14)15)7-12(17)18/h2-6,10,13H,7H2,1H3,(H,17,18). The Morgan fingerprint density at radius 2 is 2.11 bits per heavy atom. The second-order valence-electron chi connectivity index (χ2n) is 4.25. The largest absolute Gasteiger partial charge is 0.481 e. The van der Waals surface area contributed by atoms with Gasteiger partial charge in [0, 0.05) is 24.1 Å². The number of halogens is 2. The molecule has 0 fully saturated rings. The molecule has 1 heterocycles. The second kappa shape index (κ2) is 4.76. The molecule has 5 heteroatoms. The highest BCUT2D eigenvalue weighted by atomic mass is 19.3. The molecule has 0 aliphatic heterocycles. The molecule has 0 radical (unpaired) electrons. The van der Waals surface area contributed by atoms with E-state index < -0.39 is 24.7 Å². The van der Waals surface area contributed by atoms with E-state index >= 15 is 0 Å². The zero-order valence-electron chi connectivity index (χ0n) is 9.81. The summed E-state index contributed by atoms with van der Waals surface area (Å²) in [5.74, 6) is -2.48. The fourth-order valence-electron chi connectivity index (χ4n) is 2.17. The smallest absolute Gasteiger partial charge is 0.304 e. The van der Waals surface area contributed by atoms with Crippen LogP contribution in [0.25, 0.3) is 10.9 Å². The molecule has 2 rings (SSSR count). The lowest BCUT2D eigenvalue weighted by Crippen LogP contribution is -2.14. The average molecular weight is 253 g/mol. The third kappa shape index (κ3) is 2.20. The van der Waals surface area contributed by atoms with Gasteiger partial charge in [-0.2, -0.15) is 0 Å². The molecular weight excluding hydrogens is 240 g/mol. The van der Waals surface area contributed by atoms with Crippen LogP contribution in [0.1, 0.15) is 17.9 Å². The van der Waals surface area contributed by atoms with Crippen molar-refractivity contribution < 1.29 is 18.7 Å². The van der Waals surface area contributed by atoms with Gasteiger partial charge in [-0.3, -0.25) is 4.79 Å². The number of alkyl halides is 2. The maximum atomic E-state index is 13.0. The highest BCUT2D eigenvalue weighted by molar-refractivity contribution is 5.85. The molecule has 2 aromatic rings. The van der Waals surface area contributed by atoms with E-state index in [4.69, 9.17) is 5.11 Å². The Morgan fingerprint density at radius 3 is 2.72 bits per heavy atom. The minimum atomic E-state index is -2.69. The van der Waals surface area contributed by atoms with Crippen LogP contribution in [0.3, 0.4) is 0 Å². The van der Waals surface area contributed by atoms with Crippen LogP contribution in [0.4, 0.5) is 8.78 Å². The van der Waals surface area contributed by atoms with E-state index in [1.54, 1.807) is 24.4 Å². The number of carboxylic acid groups (broad SMARTS) is 1. The summed E-state index contributed by atoms with van der Waals surface area (Å²) in [7, 11) is 1.82. The molecule has 0 spiro atoms. The van der Waals surface area contributed by atoms with Crippen molar-refractivity contribution in [3.05, 3.63) is 36.0 Å². The van der Waals surface area contributed by atoms with Gasteiger partial charge in [-0.25, -0.2) is 8.78 Å². The number of carboxylic acids is 1. The van der Waals surface area contributed by atoms with Gasteiger partial charge in [-0.05, 0) is 17.7 Å². The zero-order valence-corrected chi connectivity index (χ0v) is 9.81. The molecule has 0 saturated carbocycles. The maximum absolute atomic E-state index is 13.0. The number of fused-ring (bicyclic) bond motifs is 1. The first-order valence-electron chi connectivity index (χ1n) is 5.54. The highest BCUT2D eigenvalue weighted by Crippen LogP contribution is 2.32. The van der Waals surface area contributed by atoms with Crippen molar-refractivity contribution in [1.29, 1.82) is 0 Å². The van der Waals surface area contributed by atoms with Crippen molar-refractivity contribution in [2.75, 3.05) is 0 Å². The molecule has 1 aromatic carbocycles. The lowest BCUT2D eigenvalue weighted by Gasteiger charge is -2.15. The third-order valence-electron chi connectivity index (χ3n) is 3.06. The quantitative estimate of drug-likeness (QED) is 0.910. The summed E-state index contributed by atoms with van der Waals surface area (Å²) in [6.45, 7) is 0. The molecule has 1 unspecified atom stereocenters. The molecule has 0 bridgehead atoms. The van der Waals surface area contributed by atoms with Gasteiger partial charge in [0.05, 0.1) is 12.3 Å². The van der Waals surface area contributed by atoms with E-state index in [-0.39, 0.29) is 0 Å². The zero-order chi connectivity index (χ0) is 13.3. The molecule has 3 nitrogen and oxygen atoms in total. The molecule has 1 aromatic heterocycles. The number of aromatic nitrogens is 1. The normalized spacial score (nSPS) is 13.1. The van der Waals surface area contributed by atoms with Crippen LogP contribution in [0.2, 0.25) is 0 Å². The monoisotopic (exact) mass is 253 g/mol. The van der Waals surface area contributed by atoms with Crippen LogP contribution in [0.15, 0.2) is 30.5 Å². The molecule has 1 N–H and O–H groups in total. The van der Waals surface area contributed by atoms with Gasteiger partial charge in [0.25, 0.3) is 0 Å². The van der Waals surface area contributed by atoms with Crippen LogP contribution < -0.4 is 0 Å². The number of rotatable bonds is 4. The number of aryl methyl sites for hydroxylation is 1. The lowest BCUT2D eigenvalue weighted by atomic mass is 9.93. The van der Waals surface area contributed by atoms with Gasteiger partial charge in [0.15, 0.2) is 0 Å². The minimum Gasteiger partial charge on any atom is -0.481 e. The van der Waals surface area contributed by atoms with Gasteiger partial charge in [-0.15, -0.1) is 0 Å². The summed E-state index contributed by atoms with van der Waals surface area (Å²) in [6.07, 6.45) is -1.48. The number of hydrogen-bond acceptors (Lipinski definition) is 1. The summed E-state index contributed by atoms with van der Waals surface area (Å²) in [4.78, 5) is 10.7. The average Bonchev–Trinajstić information content (AvgIpc) is 2.68. The first-order chi connectivity index (χ1) is 8.50. The van der Waals surface area contributed by atoms with Crippen molar-refractivity contribution in [1.82, 2.24) is 4.57 Å². The Kier molecular flexibility index (Phi) is 3.32. The van der Waals surface area contributed by atoms with Crippen molar-refractivity contribution >= 4 is 16.9 Å². The topological polar surface area (TPSA) is 42.2 Å². The Labute approximate surface area is 103 Å². The Morgan fingerprint density at radius 1 is 1.39 bits per heavy atom. The Bertz CT molecular complexity index is 577. The summed E-state index contributed by atoms with van der Waals surface area (Å²) in [6, 6.07) is 6.81.